The van der Waals surface area contributed by atoms with Gasteiger partial charge in [0, 0.05) is 37.6 Å². The van der Waals surface area contributed by atoms with Gasteiger partial charge in [-0.05, 0) is 24.1 Å². The Morgan fingerprint density at radius 3 is 2.62 bits per heavy atom. The molecule has 0 bridgehead atoms. The Kier molecular flexibility index (Phi) is 6.58. The van der Waals surface area contributed by atoms with Crippen molar-refractivity contribution in [2.75, 3.05) is 37.6 Å². The lowest BCUT2D eigenvalue weighted by Crippen LogP contribution is -2.37. The molecule has 0 atom stereocenters. The molecule has 142 valence electrons. The molecule has 0 spiro atoms. The van der Waals surface area contributed by atoms with E-state index in [1.807, 2.05) is 12.1 Å². The van der Waals surface area contributed by atoms with E-state index in [4.69, 9.17) is 4.74 Å². The average Bonchev–Trinajstić information content (AvgIpc) is 3.08. The summed E-state index contributed by atoms with van der Waals surface area (Å²) in [6.45, 7) is 6.29. The van der Waals surface area contributed by atoms with E-state index in [2.05, 4.69) is 25.9 Å². The molecule has 9 heteroatoms. The molecule has 3 rings (SSSR count). The van der Waals surface area contributed by atoms with Crippen LogP contribution in [0, 0.1) is 0 Å². The highest BCUT2D eigenvalue weighted by Gasteiger charge is 2.17. The first-order chi connectivity index (χ1) is 12.6. The molecule has 1 N–H and O–H groups in total. The lowest BCUT2D eigenvalue weighted by atomic mass is 10.1. The largest absolute Gasteiger partial charge is 0.379 e. The van der Waals surface area contributed by atoms with Gasteiger partial charge in [0.1, 0.15) is 5.82 Å². The molecule has 1 aromatic carbocycles. The van der Waals surface area contributed by atoms with E-state index in [1.165, 1.54) is 0 Å². The summed E-state index contributed by atoms with van der Waals surface area (Å²) < 4.78 is 37.1. The van der Waals surface area contributed by atoms with Crippen molar-refractivity contribution < 1.29 is 13.2 Å². The third-order valence-corrected chi connectivity index (χ3v) is 6.37. The highest BCUT2D eigenvalue weighted by molar-refractivity contribution is 7.93. The lowest BCUT2D eigenvalue weighted by molar-refractivity contribution is 0.0382. The van der Waals surface area contributed by atoms with Gasteiger partial charge in [-0.1, -0.05) is 25.5 Å². The van der Waals surface area contributed by atoms with Crippen molar-refractivity contribution in [3.8, 4) is 0 Å². The van der Waals surface area contributed by atoms with Gasteiger partial charge in [0.25, 0.3) is 10.0 Å². The van der Waals surface area contributed by atoms with Crippen molar-refractivity contribution in [2.24, 2.45) is 0 Å². The van der Waals surface area contributed by atoms with Crippen molar-refractivity contribution in [1.82, 2.24) is 14.3 Å². The van der Waals surface area contributed by atoms with E-state index in [0.29, 0.717) is 17.4 Å². The highest BCUT2D eigenvalue weighted by atomic mass is 32.2. The van der Waals surface area contributed by atoms with Gasteiger partial charge in [0.05, 0.1) is 18.1 Å². The minimum atomic E-state index is -3.64. The fourth-order valence-electron chi connectivity index (χ4n) is 2.78. The first kappa shape index (κ1) is 19.2. The summed E-state index contributed by atoms with van der Waals surface area (Å²) in [5, 5.41) is 0.305. The predicted octanol–water partition coefficient (Wildman–Crippen LogP) is 2.17. The molecule has 26 heavy (non-hydrogen) atoms. The first-order valence-electron chi connectivity index (χ1n) is 8.81. The van der Waals surface area contributed by atoms with E-state index >= 15 is 0 Å². The molecule has 0 aliphatic carbocycles. The second-order valence-electron chi connectivity index (χ2n) is 6.22. The van der Waals surface area contributed by atoms with Crippen molar-refractivity contribution in [3.63, 3.8) is 0 Å². The van der Waals surface area contributed by atoms with E-state index in [-0.39, 0.29) is 4.90 Å². The minimum Gasteiger partial charge on any atom is -0.379 e. The number of anilines is 1. The van der Waals surface area contributed by atoms with Gasteiger partial charge in [-0.3, -0.25) is 9.62 Å². The normalized spacial score (nSPS) is 15.9. The van der Waals surface area contributed by atoms with E-state index < -0.39 is 10.0 Å². The number of sulfonamides is 1. The molecular weight excluding hydrogens is 372 g/mol. The molecule has 0 unspecified atom stereocenters. The van der Waals surface area contributed by atoms with Crippen LogP contribution in [-0.4, -0.2) is 55.5 Å². The van der Waals surface area contributed by atoms with Crippen molar-refractivity contribution in [3.05, 3.63) is 35.7 Å². The van der Waals surface area contributed by atoms with Crippen LogP contribution in [0.4, 0.5) is 5.13 Å². The lowest BCUT2D eigenvalue weighted by Gasteiger charge is -2.25. The van der Waals surface area contributed by atoms with Gasteiger partial charge >= 0.3 is 0 Å². The van der Waals surface area contributed by atoms with Crippen molar-refractivity contribution in [1.29, 1.82) is 0 Å². The maximum Gasteiger partial charge on any atom is 0.263 e. The zero-order valence-corrected chi connectivity index (χ0v) is 16.5. The van der Waals surface area contributed by atoms with Crippen molar-refractivity contribution >= 4 is 26.7 Å². The first-order valence-corrected chi connectivity index (χ1v) is 11.1. The van der Waals surface area contributed by atoms with Crippen LogP contribution >= 0.6 is 11.5 Å². The summed E-state index contributed by atoms with van der Waals surface area (Å²) in [6.07, 6.45) is 2.67. The molecule has 2 aromatic rings. The van der Waals surface area contributed by atoms with Crippen LogP contribution < -0.4 is 4.72 Å². The fraction of sp³-hybridized carbons (Fsp3) is 0.529. The third-order valence-electron chi connectivity index (χ3n) is 4.22. The van der Waals surface area contributed by atoms with Crippen LogP contribution in [0.5, 0.6) is 0 Å². The van der Waals surface area contributed by atoms with Gasteiger partial charge in [-0.15, -0.1) is 0 Å². The molecule has 1 fully saturated rings. The molecule has 0 saturated carbocycles. The summed E-state index contributed by atoms with van der Waals surface area (Å²) in [4.78, 5) is 6.85. The van der Waals surface area contributed by atoms with E-state index in [0.717, 1.165) is 62.8 Å². The Morgan fingerprint density at radius 1 is 1.19 bits per heavy atom. The monoisotopic (exact) mass is 396 g/mol. The number of ether oxygens (including phenoxy) is 1. The standard InChI is InChI=1S/C17H24N4O3S2/c1-2-3-14-4-6-15(7-5-14)26(22,23)20-17-18-16(19-25-17)8-9-21-10-12-24-13-11-21/h4-7H,2-3,8-13H2,1H3,(H,18,19,20). The number of benzene rings is 1. The van der Waals surface area contributed by atoms with Gasteiger partial charge in [-0.25, -0.2) is 13.4 Å². The van der Waals surface area contributed by atoms with Gasteiger partial charge in [0.2, 0.25) is 5.13 Å². The number of aromatic nitrogens is 2. The Morgan fingerprint density at radius 2 is 1.92 bits per heavy atom. The SMILES string of the molecule is CCCc1ccc(S(=O)(=O)Nc2nc(CCN3CCOCC3)ns2)cc1. The predicted molar refractivity (Wildman–Crippen MR) is 102 cm³/mol. The summed E-state index contributed by atoms with van der Waals surface area (Å²) >= 11 is 1.07. The summed E-state index contributed by atoms with van der Waals surface area (Å²) in [6, 6.07) is 6.97. The quantitative estimate of drug-likeness (QED) is 0.736. The Hall–Kier alpha value is -1.55. The molecule has 1 saturated heterocycles. The van der Waals surface area contributed by atoms with Crippen LogP contribution in [0.3, 0.4) is 0 Å². The maximum atomic E-state index is 12.5. The Balaban J connectivity index is 1.58. The number of morpholine rings is 1. The summed E-state index contributed by atoms with van der Waals surface area (Å²) in [5.41, 5.74) is 1.13. The third kappa shape index (κ3) is 5.23. The van der Waals surface area contributed by atoms with Crippen LogP contribution in [0.15, 0.2) is 29.2 Å². The average molecular weight is 397 g/mol. The van der Waals surface area contributed by atoms with E-state index in [9.17, 15) is 8.42 Å². The van der Waals surface area contributed by atoms with Gasteiger partial charge < -0.3 is 4.74 Å². The number of nitrogens with zero attached hydrogens (tertiary/aromatic N) is 3. The minimum absolute atomic E-state index is 0.238. The van der Waals surface area contributed by atoms with Crippen LogP contribution in [0.1, 0.15) is 24.7 Å². The topological polar surface area (TPSA) is 84.4 Å². The second kappa shape index (κ2) is 8.90. The molecule has 1 aromatic heterocycles. The second-order valence-corrected chi connectivity index (χ2v) is 8.65. The Labute approximate surface area is 158 Å². The van der Waals surface area contributed by atoms with Crippen LogP contribution in [-0.2, 0) is 27.6 Å². The molecule has 0 amide bonds. The summed E-state index contributed by atoms with van der Waals surface area (Å²) in [7, 11) is -3.64. The molecule has 1 aliphatic rings. The number of aryl methyl sites for hydroxylation is 1. The van der Waals surface area contributed by atoms with Crippen molar-refractivity contribution in [2.45, 2.75) is 31.1 Å². The zero-order chi connectivity index (χ0) is 18.4. The molecule has 7 nitrogen and oxygen atoms in total. The number of hydrogen-bond acceptors (Lipinski definition) is 7. The van der Waals surface area contributed by atoms with Gasteiger partial charge in [-0.2, -0.15) is 4.37 Å². The van der Waals surface area contributed by atoms with Crippen LogP contribution in [0.2, 0.25) is 0 Å². The number of nitrogens with one attached hydrogen (secondary N) is 1. The zero-order valence-electron chi connectivity index (χ0n) is 14.8. The number of hydrogen-bond donors (Lipinski definition) is 1. The highest BCUT2D eigenvalue weighted by Crippen LogP contribution is 2.19. The maximum absolute atomic E-state index is 12.5. The fourth-order valence-corrected chi connectivity index (χ4v) is 4.61. The molecule has 1 aliphatic heterocycles. The van der Waals surface area contributed by atoms with Gasteiger partial charge in [0.15, 0.2) is 0 Å². The molecule has 2 heterocycles. The smallest absolute Gasteiger partial charge is 0.263 e. The number of rotatable bonds is 8. The molecule has 0 radical (unpaired) electrons. The Bertz CT molecular complexity index is 800. The molecular formula is C17H24N4O3S2. The van der Waals surface area contributed by atoms with E-state index in [1.54, 1.807) is 12.1 Å². The van der Waals surface area contributed by atoms with Crippen LogP contribution in [0.25, 0.3) is 0 Å². The summed E-state index contributed by atoms with van der Waals surface area (Å²) in [5.74, 6) is 0.664.